The summed E-state index contributed by atoms with van der Waals surface area (Å²) in [5.41, 5.74) is 9.44. The van der Waals surface area contributed by atoms with E-state index in [1.165, 1.54) is 0 Å². The molecule has 0 radical (unpaired) electrons. The van der Waals surface area contributed by atoms with Crippen LogP contribution in [0.2, 0.25) is 0 Å². The second-order valence-corrected chi connectivity index (χ2v) is 3.44. The quantitative estimate of drug-likeness (QED) is 0.683. The summed E-state index contributed by atoms with van der Waals surface area (Å²) < 4.78 is 0. The summed E-state index contributed by atoms with van der Waals surface area (Å²) in [5, 5.41) is 3.08. The summed E-state index contributed by atoms with van der Waals surface area (Å²) in [6.07, 6.45) is 0. The van der Waals surface area contributed by atoms with Crippen LogP contribution >= 0.6 is 0 Å². The first-order valence-corrected chi connectivity index (χ1v) is 5.23. The first-order chi connectivity index (χ1) is 7.88. The maximum absolute atomic E-state index is 3.13. The van der Waals surface area contributed by atoms with Gasteiger partial charge in [0.1, 0.15) is 0 Å². The molecule has 3 nitrogen and oxygen atoms in total. The fraction of sp³-hybridized carbons (Fsp3) is 0.0769. The number of anilines is 3. The summed E-state index contributed by atoms with van der Waals surface area (Å²) >= 11 is 0. The molecule has 0 aliphatic carbocycles. The van der Waals surface area contributed by atoms with Gasteiger partial charge >= 0.3 is 0 Å². The second kappa shape index (κ2) is 5.07. The Morgan fingerprint density at radius 2 is 1.12 bits per heavy atom. The van der Waals surface area contributed by atoms with Crippen molar-refractivity contribution in [2.24, 2.45) is 0 Å². The van der Waals surface area contributed by atoms with Crippen molar-refractivity contribution in [2.75, 3.05) is 23.2 Å². The molecule has 0 bridgehead atoms. The molecule has 0 fully saturated rings. The summed E-state index contributed by atoms with van der Waals surface area (Å²) in [6, 6.07) is 18.1. The molecule has 3 N–H and O–H groups in total. The third kappa shape index (κ3) is 2.67. The number of para-hydroxylation sites is 1. The number of hydrazine groups is 1. The van der Waals surface area contributed by atoms with Crippen molar-refractivity contribution in [3.8, 4) is 0 Å². The van der Waals surface area contributed by atoms with Gasteiger partial charge in [0.2, 0.25) is 0 Å². The molecule has 0 saturated carbocycles. The van der Waals surface area contributed by atoms with Gasteiger partial charge in [-0.25, -0.2) is 0 Å². The van der Waals surface area contributed by atoms with Crippen LogP contribution in [-0.4, -0.2) is 7.05 Å². The zero-order chi connectivity index (χ0) is 11.2. The maximum atomic E-state index is 3.13. The number of hydrogen-bond donors (Lipinski definition) is 3. The summed E-state index contributed by atoms with van der Waals surface area (Å²) in [6.45, 7) is 0. The largest absolute Gasteiger partial charge is 0.388 e. The fourth-order valence-corrected chi connectivity index (χ4v) is 1.39. The third-order valence-electron chi connectivity index (χ3n) is 2.30. The van der Waals surface area contributed by atoms with Crippen LogP contribution in [0.3, 0.4) is 0 Å². The molecule has 0 spiro atoms. The highest BCUT2D eigenvalue weighted by Gasteiger charge is 1.92. The van der Waals surface area contributed by atoms with E-state index in [4.69, 9.17) is 0 Å². The van der Waals surface area contributed by atoms with E-state index in [0.29, 0.717) is 0 Å². The zero-order valence-corrected chi connectivity index (χ0v) is 9.20. The van der Waals surface area contributed by atoms with Crippen LogP contribution in [-0.2, 0) is 0 Å². The molecule has 0 saturated heterocycles. The Hall–Kier alpha value is -2.16. The van der Waals surface area contributed by atoms with E-state index >= 15 is 0 Å². The standard InChI is InChI=1S/C13H15N3/c1-14-11-7-9-13(10-8-11)16-15-12-5-3-2-4-6-12/h2-10,14-16H,1H3. The maximum Gasteiger partial charge on any atom is 0.0541 e. The monoisotopic (exact) mass is 213 g/mol. The molecule has 0 unspecified atom stereocenters. The van der Waals surface area contributed by atoms with Crippen LogP contribution in [0.25, 0.3) is 0 Å². The molecule has 0 aliphatic rings. The number of rotatable bonds is 4. The lowest BCUT2D eigenvalue weighted by Gasteiger charge is -2.10. The van der Waals surface area contributed by atoms with Crippen LogP contribution in [0.1, 0.15) is 0 Å². The molecular formula is C13H15N3. The van der Waals surface area contributed by atoms with Crippen LogP contribution in [0.5, 0.6) is 0 Å². The van der Waals surface area contributed by atoms with Gasteiger partial charge in [-0.3, -0.25) is 0 Å². The molecule has 0 amide bonds. The number of nitrogens with one attached hydrogen (secondary N) is 3. The first-order valence-electron chi connectivity index (χ1n) is 5.23. The van der Waals surface area contributed by atoms with Crippen molar-refractivity contribution in [1.82, 2.24) is 0 Å². The highest BCUT2D eigenvalue weighted by atomic mass is 15.4. The lowest BCUT2D eigenvalue weighted by molar-refractivity contribution is 1.41. The lowest BCUT2D eigenvalue weighted by Crippen LogP contribution is -2.08. The lowest BCUT2D eigenvalue weighted by atomic mass is 10.3. The predicted molar refractivity (Wildman–Crippen MR) is 69.7 cm³/mol. The molecule has 2 rings (SSSR count). The molecule has 0 aliphatic heterocycles. The summed E-state index contributed by atoms with van der Waals surface area (Å²) in [7, 11) is 1.91. The molecule has 0 aromatic heterocycles. The van der Waals surface area contributed by atoms with Crippen LogP contribution in [0.4, 0.5) is 17.1 Å². The normalized spacial score (nSPS) is 9.56. The first kappa shape index (κ1) is 10.4. The number of benzene rings is 2. The van der Waals surface area contributed by atoms with Gasteiger partial charge in [-0.1, -0.05) is 18.2 Å². The molecule has 2 aromatic rings. The van der Waals surface area contributed by atoms with Gasteiger partial charge in [0.15, 0.2) is 0 Å². The Morgan fingerprint density at radius 3 is 1.69 bits per heavy atom. The van der Waals surface area contributed by atoms with Crippen molar-refractivity contribution in [3.63, 3.8) is 0 Å². The Bertz CT molecular complexity index is 423. The summed E-state index contributed by atoms with van der Waals surface area (Å²) in [5.74, 6) is 0. The average molecular weight is 213 g/mol. The van der Waals surface area contributed by atoms with Gasteiger partial charge in [-0.05, 0) is 36.4 Å². The molecule has 82 valence electrons. The van der Waals surface area contributed by atoms with E-state index in [2.05, 4.69) is 16.2 Å². The van der Waals surface area contributed by atoms with Crippen molar-refractivity contribution in [1.29, 1.82) is 0 Å². The van der Waals surface area contributed by atoms with Crippen LogP contribution in [0, 0.1) is 0 Å². The highest BCUT2D eigenvalue weighted by molar-refractivity contribution is 5.56. The van der Waals surface area contributed by atoms with Gasteiger partial charge in [0, 0.05) is 12.7 Å². The van der Waals surface area contributed by atoms with E-state index < -0.39 is 0 Å². The van der Waals surface area contributed by atoms with Gasteiger partial charge in [0.25, 0.3) is 0 Å². The molecule has 0 atom stereocenters. The van der Waals surface area contributed by atoms with E-state index in [1.807, 2.05) is 61.6 Å². The topological polar surface area (TPSA) is 36.1 Å². The van der Waals surface area contributed by atoms with Gasteiger partial charge in [-0.15, -0.1) is 0 Å². The van der Waals surface area contributed by atoms with E-state index in [-0.39, 0.29) is 0 Å². The second-order valence-electron chi connectivity index (χ2n) is 3.44. The molecule has 3 heteroatoms. The van der Waals surface area contributed by atoms with E-state index in [1.54, 1.807) is 0 Å². The smallest absolute Gasteiger partial charge is 0.0541 e. The molecule has 2 aromatic carbocycles. The average Bonchev–Trinajstić information content (AvgIpc) is 2.38. The molecule has 16 heavy (non-hydrogen) atoms. The van der Waals surface area contributed by atoms with Crippen molar-refractivity contribution in [3.05, 3.63) is 54.6 Å². The Labute approximate surface area is 95.5 Å². The molecular weight excluding hydrogens is 198 g/mol. The predicted octanol–water partition coefficient (Wildman–Crippen LogP) is 3.17. The summed E-state index contributed by atoms with van der Waals surface area (Å²) in [4.78, 5) is 0. The fourth-order valence-electron chi connectivity index (χ4n) is 1.39. The van der Waals surface area contributed by atoms with Crippen molar-refractivity contribution in [2.45, 2.75) is 0 Å². The van der Waals surface area contributed by atoms with Gasteiger partial charge in [-0.2, -0.15) is 0 Å². The van der Waals surface area contributed by atoms with Crippen LogP contribution in [0.15, 0.2) is 54.6 Å². The number of hydrogen-bond acceptors (Lipinski definition) is 3. The minimum Gasteiger partial charge on any atom is -0.388 e. The minimum absolute atomic E-state index is 1.03. The van der Waals surface area contributed by atoms with Crippen molar-refractivity contribution < 1.29 is 0 Å². The highest BCUT2D eigenvalue weighted by Crippen LogP contribution is 2.13. The van der Waals surface area contributed by atoms with E-state index in [0.717, 1.165) is 17.1 Å². The molecule has 0 heterocycles. The minimum atomic E-state index is 1.03. The van der Waals surface area contributed by atoms with Gasteiger partial charge < -0.3 is 16.2 Å². The SMILES string of the molecule is CNc1ccc(NNc2ccccc2)cc1. The zero-order valence-electron chi connectivity index (χ0n) is 9.20. The Morgan fingerprint density at radius 1 is 0.625 bits per heavy atom. The Balaban J connectivity index is 1.94. The third-order valence-corrected chi connectivity index (χ3v) is 2.30. The van der Waals surface area contributed by atoms with Crippen LogP contribution < -0.4 is 16.2 Å². The van der Waals surface area contributed by atoms with E-state index in [9.17, 15) is 0 Å². The Kier molecular flexibility index (Phi) is 3.28. The van der Waals surface area contributed by atoms with Crippen molar-refractivity contribution >= 4 is 17.1 Å². The van der Waals surface area contributed by atoms with Gasteiger partial charge in [0.05, 0.1) is 11.4 Å².